The molecule has 0 spiro atoms. The van der Waals surface area contributed by atoms with Gasteiger partial charge in [0.2, 0.25) is 0 Å². The SMILES string of the molecule is O=c1[nH]c2cc(Cl)ccc2c(N[C@@H]2CN3CCC2CC3)c1-c1nc2ccccc2[nH]1. The van der Waals surface area contributed by atoms with E-state index >= 15 is 0 Å². The first-order chi connectivity index (χ1) is 14.7. The second-order valence-electron chi connectivity index (χ2n) is 8.39. The van der Waals surface area contributed by atoms with Gasteiger partial charge < -0.3 is 20.2 Å². The number of nitrogens with zero attached hydrogens (tertiary/aromatic N) is 2. The maximum Gasteiger partial charge on any atom is 0.261 e. The van der Waals surface area contributed by atoms with E-state index in [2.05, 4.69) is 20.2 Å². The van der Waals surface area contributed by atoms with Gasteiger partial charge in [-0.15, -0.1) is 0 Å². The number of piperidine rings is 3. The van der Waals surface area contributed by atoms with Crippen LogP contribution in [0.1, 0.15) is 12.8 Å². The number of para-hydroxylation sites is 2. The first-order valence-corrected chi connectivity index (χ1v) is 10.8. The van der Waals surface area contributed by atoms with Gasteiger partial charge in [0.25, 0.3) is 5.56 Å². The summed E-state index contributed by atoms with van der Waals surface area (Å²) in [6, 6.07) is 13.8. The summed E-state index contributed by atoms with van der Waals surface area (Å²) < 4.78 is 0. The molecule has 2 aromatic carbocycles. The number of imidazole rings is 1. The fourth-order valence-corrected chi connectivity index (χ4v) is 5.20. The highest BCUT2D eigenvalue weighted by atomic mass is 35.5. The number of hydrogen-bond donors (Lipinski definition) is 3. The number of aromatic nitrogens is 3. The first-order valence-electron chi connectivity index (χ1n) is 10.5. The summed E-state index contributed by atoms with van der Waals surface area (Å²) in [5.74, 6) is 1.21. The minimum absolute atomic E-state index is 0.174. The van der Waals surface area contributed by atoms with Gasteiger partial charge in [0, 0.05) is 23.0 Å². The normalized spacial score (nSPS) is 23.3. The van der Waals surface area contributed by atoms with E-state index in [1.54, 1.807) is 0 Å². The molecule has 0 radical (unpaired) electrons. The molecule has 7 rings (SSSR count). The Morgan fingerprint density at radius 2 is 1.90 bits per heavy atom. The molecular weight excluding hydrogens is 398 g/mol. The number of H-pyrrole nitrogens is 2. The molecule has 0 unspecified atom stereocenters. The number of anilines is 1. The van der Waals surface area contributed by atoms with Crippen LogP contribution in [0.15, 0.2) is 47.3 Å². The first kappa shape index (κ1) is 18.0. The Labute approximate surface area is 178 Å². The van der Waals surface area contributed by atoms with E-state index in [1.807, 2.05) is 42.5 Å². The van der Waals surface area contributed by atoms with Gasteiger partial charge in [-0.25, -0.2) is 4.98 Å². The Morgan fingerprint density at radius 3 is 2.67 bits per heavy atom. The highest BCUT2D eigenvalue weighted by Gasteiger charge is 2.35. The third-order valence-corrected chi connectivity index (χ3v) is 6.82. The van der Waals surface area contributed by atoms with Crippen molar-refractivity contribution >= 4 is 39.2 Å². The molecule has 3 aliphatic rings. The molecule has 0 saturated carbocycles. The highest BCUT2D eigenvalue weighted by molar-refractivity contribution is 6.31. The summed E-state index contributed by atoms with van der Waals surface area (Å²) in [4.78, 5) is 26.8. The van der Waals surface area contributed by atoms with E-state index in [4.69, 9.17) is 16.6 Å². The van der Waals surface area contributed by atoms with Crippen LogP contribution in [-0.4, -0.2) is 45.5 Å². The molecule has 152 valence electrons. The van der Waals surface area contributed by atoms with Crippen molar-refractivity contribution in [2.45, 2.75) is 18.9 Å². The summed E-state index contributed by atoms with van der Waals surface area (Å²) in [5.41, 5.74) is 3.71. The molecule has 7 heteroatoms. The number of hydrogen-bond acceptors (Lipinski definition) is 4. The van der Waals surface area contributed by atoms with Crippen LogP contribution in [0.25, 0.3) is 33.3 Å². The summed E-state index contributed by atoms with van der Waals surface area (Å²) in [5, 5.41) is 5.31. The average molecular weight is 420 g/mol. The molecule has 2 aromatic heterocycles. The van der Waals surface area contributed by atoms with Crippen LogP contribution >= 0.6 is 11.6 Å². The van der Waals surface area contributed by atoms with Crippen molar-refractivity contribution in [3.05, 3.63) is 57.8 Å². The second-order valence-corrected chi connectivity index (χ2v) is 8.82. The number of aromatic amines is 2. The maximum atomic E-state index is 13.2. The molecule has 0 amide bonds. The van der Waals surface area contributed by atoms with Crippen molar-refractivity contribution in [3.8, 4) is 11.4 Å². The minimum atomic E-state index is -0.174. The predicted octanol–water partition coefficient (Wildman–Crippen LogP) is 4.23. The van der Waals surface area contributed by atoms with E-state index in [9.17, 15) is 4.79 Å². The van der Waals surface area contributed by atoms with Gasteiger partial charge in [-0.3, -0.25) is 4.79 Å². The van der Waals surface area contributed by atoms with Gasteiger partial charge in [0.05, 0.1) is 22.2 Å². The molecule has 30 heavy (non-hydrogen) atoms. The summed E-state index contributed by atoms with van der Waals surface area (Å²) in [7, 11) is 0. The van der Waals surface area contributed by atoms with Crippen LogP contribution in [0, 0.1) is 5.92 Å². The fourth-order valence-electron chi connectivity index (χ4n) is 5.03. The van der Waals surface area contributed by atoms with Crippen LogP contribution < -0.4 is 10.9 Å². The quantitative estimate of drug-likeness (QED) is 0.464. The molecule has 4 aromatic rings. The van der Waals surface area contributed by atoms with Gasteiger partial charge in [0.15, 0.2) is 0 Å². The summed E-state index contributed by atoms with van der Waals surface area (Å²) in [6.45, 7) is 3.35. The van der Waals surface area contributed by atoms with Crippen LogP contribution in [0.3, 0.4) is 0 Å². The van der Waals surface area contributed by atoms with Gasteiger partial charge in [-0.1, -0.05) is 23.7 Å². The Balaban J connectivity index is 1.56. The Morgan fingerprint density at radius 1 is 1.07 bits per heavy atom. The van der Waals surface area contributed by atoms with Crippen LogP contribution in [0.4, 0.5) is 5.69 Å². The van der Waals surface area contributed by atoms with E-state index < -0.39 is 0 Å². The molecule has 3 aliphatic heterocycles. The topological polar surface area (TPSA) is 76.8 Å². The largest absolute Gasteiger partial charge is 0.379 e. The van der Waals surface area contributed by atoms with E-state index in [0.717, 1.165) is 34.2 Å². The third kappa shape index (κ3) is 2.90. The van der Waals surface area contributed by atoms with Crippen molar-refractivity contribution < 1.29 is 0 Å². The van der Waals surface area contributed by atoms with Crippen LogP contribution in [-0.2, 0) is 0 Å². The lowest BCUT2D eigenvalue weighted by atomic mass is 9.83. The number of rotatable bonds is 3. The lowest BCUT2D eigenvalue weighted by Crippen LogP contribution is -2.53. The van der Waals surface area contributed by atoms with E-state index in [-0.39, 0.29) is 5.56 Å². The zero-order valence-corrected chi connectivity index (χ0v) is 17.2. The standard InChI is InChI=1S/C23H22ClN5O/c24-14-5-6-15-18(11-14)28-23(30)20(22-26-16-3-1-2-4-17(16)27-22)21(15)25-19-12-29-9-7-13(19)8-10-29/h1-6,11,13,19H,7-10,12H2,(H,26,27)(H2,25,28,30)/t19-/m1/s1. The maximum absolute atomic E-state index is 13.2. The fraction of sp³-hybridized carbons (Fsp3) is 0.304. The number of nitrogens with one attached hydrogen (secondary N) is 3. The predicted molar refractivity (Wildman–Crippen MR) is 121 cm³/mol. The van der Waals surface area contributed by atoms with Gasteiger partial charge in [0.1, 0.15) is 11.4 Å². The zero-order valence-electron chi connectivity index (χ0n) is 16.4. The van der Waals surface area contributed by atoms with E-state index in [0.29, 0.717) is 28.4 Å². The van der Waals surface area contributed by atoms with Crippen molar-refractivity contribution in [1.29, 1.82) is 0 Å². The number of pyridine rings is 1. The minimum Gasteiger partial charge on any atom is -0.379 e. The highest BCUT2D eigenvalue weighted by Crippen LogP contribution is 2.36. The lowest BCUT2D eigenvalue weighted by Gasteiger charge is -2.45. The van der Waals surface area contributed by atoms with Crippen LogP contribution in [0.5, 0.6) is 0 Å². The number of benzene rings is 2. The van der Waals surface area contributed by atoms with Crippen molar-refractivity contribution in [2.24, 2.45) is 5.92 Å². The average Bonchev–Trinajstić information content (AvgIpc) is 3.18. The Hall–Kier alpha value is -2.83. The van der Waals surface area contributed by atoms with Gasteiger partial charge >= 0.3 is 0 Å². The smallest absolute Gasteiger partial charge is 0.261 e. The zero-order chi connectivity index (χ0) is 20.2. The Bertz CT molecular complexity index is 1290. The lowest BCUT2D eigenvalue weighted by molar-refractivity contribution is 0.0976. The second kappa shape index (κ2) is 6.86. The molecule has 3 N–H and O–H groups in total. The van der Waals surface area contributed by atoms with Crippen molar-refractivity contribution in [2.75, 3.05) is 25.0 Å². The molecule has 3 fully saturated rings. The summed E-state index contributed by atoms with van der Waals surface area (Å²) >= 11 is 6.21. The molecule has 2 bridgehead atoms. The summed E-state index contributed by atoms with van der Waals surface area (Å²) in [6.07, 6.45) is 2.40. The molecule has 1 atom stereocenters. The number of halogens is 1. The van der Waals surface area contributed by atoms with Gasteiger partial charge in [-0.2, -0.15) is 0 Å². The van der Waals surface area contributed by atoms with Gasteiger partial charge in [-0.05, 0) is 62.2 Å². The third-order valence-electron chi connectivity index (χ3n) is 6.59. The van der Waals surface area contributed by atoms with E-state index in [1.165, 1.54) is 25.9 Å². The molecule has 0 aliphatic carbocycles. The molecule has 6 nitrogen and oxygen atoms in total. The monoisotopic (exact) mass is 419 g/mol. The van der Waals surface area contributed by atoms with Crippen LogP contribution in [0.2, 0.25) is 5.02 Å². The van der Waals surface area contributed by atoms with Crippen molar-refractivity contribution in [3.63, 3.8) is 0 Å². The number of fused-ring (bicyclic) bond motifs is 5. The molecular formula is C23H22ClN5O. The molecule has 5 heterocycles. The molecule has 3 saturated heterocycles. The van der Waals surface area contributed by atoms with Crippen molar-refractivity contribution in [1.82, 2.24) is 19.9 Å². The Kier molecular flexibility index (Phi) is 4.11.